The number of fused-ring (bicyclic) bond motifs is 1. The van der Waals surface area contributed by atoms with Crippen molar-refractivity contribution in [2.24, 2.45) is 5.92 Å². The van der Waals surface area contributed by atoms with E-state index in [0.29, 0.717) is 18.9 Å². The van der Waals surface area contributed by atoms with Gasteiger partial charge < -0.3 is 4.74 Å². The highest BCUT2D eigenvalue weighted by molar-refractivity contribution is 5.96. The molecule has 0 saturated heterocycles. The first-order valence-electron chi connectivity index (χ1n) is 7.75. The van der Waals surface area contributed by atoms with Crippen LogP contribution in [0, 0.1) is 5.92 Å². The number of carbonyl (C=O) groups is 1. The molecule has 0 radical (unpaired) electrons. The van der Waals surface area contributed by atoms with E-state index in [4.69, 9.17) is 4.74 Å². The van der Waals surface area contributed by atoms with E-state index in [1.807, 2.05) is 47.4 Å². The van der Waals surface area contributed by atoms with Crippen molar-refractivity contribution in [3.8, 4) is 5.75 Å². The van der Waals surface area contributed by atoms with Crippen LogP contribution in [-0.4, -0.2) is 12.5 Å². The molecule has 0 spiro atoms. The van der Waals surface area contributed by atoms with E-state index >= 15 is 0 Å². The summed E-state index contributed by atoms with van der Waals surface area (Å²) in [6, 6.07) is 17.8. The van der Waals surface area contributed by atoms with Gasteiger partial charge in [-0.3, -0.25) is 9.69 Å². The molecule has 0 unspecified atom stereocenters. The zero-order chi connectivity index (χ0) is 15.5. The summed E-state index contributed by atoms with van der Waals surface area (Å²) in [6.07, 6.45) is 0.539. The smallest absolute Gasteiger partial charge is 0.228 e. The summed E-state index contributed by atoms with van der Waals surface area (Å²) in [7, 11) is 0. The largest absolute Gasteiger partial charge is 0.489 e. The van der Waals surface area contributed by atoms with Gasteiger partial charge in [0.2, 0.25) is 5.91 Å². The molecule has 3 rings (SSSR count). The Morgan fingerprint density at radius 1 is 1.14 bits per heavy atom. The minimum atomic E-state index is -0.0673. The van der Waals surface area contributed by atoms with Crippen LogP contribution < -0.4 is 9.64 Å². The first kappa shape index (κ1) is 14.6. The van der Waals surface area contributed by atoms with Crippen LogP contribution in [0.2, 0.25) is 0 Å². The highest BCUT2D eigenvalue weighted by Crippen LogP contribution is 2.39. The molecule has 2 aromatic rings. The number of anilines is 1. The number of hydrogen-bond acceptors (Lipinski definition) is 2. The summed E-state index contributed by atoms with van der Waals surface area (Å²) in [6.45, 7) is 4.63. The number of nitrogens with zero attached hydrogens (tertiary/aromatic N) is 1. The molecule has 22 heavy (non-hydrogen) atoms. The Morgan fingerprint density at radius 3 is 2.55 bits per heavy atom. The van der Waals surface area contributed by atoms with Gasteiger partial charge in [-0.15, -0.1) is 0 Å². The molecule has 0 fully saturated rings. The van der Waals surface area contributed by atoms with Gasteiger partial charge in [0.15, 0.2) is 0 Å². The lowest BCUT2D eigenvalue weighted by molar-refractivity contribution is -0.120. The quantitative estimate of drug-likeness (QED) is 0.849. The topological polar surface area (TPSA) is 29.5 Å². The molecule has 114 valence electrons. The van der Waals surface area contributed by atoms with Crippen LogP contribution in [0.3, 0.4) is 0 Å². The molecule has 1 aliphatic rings. The Morgan fingerprint density at radius 2 is 1.82 bits per heavy atom. The lowest BCUT2D eigenvalue weighted by atomic mass is 10.0. The molecule has 0 aliphatic carbocycles. The van der Waals surface area contributed by atoms with Crippen molar-refractivity contribution in [1.82, 2.24) is 0 Å². The molecule has 1 amide bonds. The summed E-state index contributed by atoms with van der Waals surface area (Å²) < 4.78 is 5.88. The predicted molar refractivity (Wildman–Crippen MR) is 88.1 cm³/mol. The summed E-state index contributed by atoms with van der Waals surface area (Å²) in [5, 5.41) is 0. The maximum Gasteiger partial charge on any atom is 0.228 e. The molecule has 0 bridgehead atoms. The van der Waals surface area contributed by atoms with Gasteiger partial charge in [0.25, 0.3) is 0 Å². The van der Waals surface area contributed by atoms with Gasteiger partial charge in [-0.1, -0.05) is 56.3 Å². The highest BCUT2D eigenvalue weighted by Gasteiger charge is 2.33. The third-order valence-electron chi connectivity index (χ3n) is 3.87. The lowest BCUT2D eigenvalue weighted by Gasteiger charge is -2.37. The van der Waals surface area contributed by atoms with Gasteiger partial charge in [0, 0.05) is 6.42 Å². The molecule has 1 aliphatic heterocycles. The van der Waals surface area contributed by atoms with E-state index in [1.165, 1.54) is 0 Å². The number of hydrogen-bond donors (Lipinski definition) is 0. The average molecular weight is 295 g/mol. The van der Waals surface area contributed by atoms with Crippen LogP contribution in [0.1, 0.15) is 31.9 Å². The van der Waals surface area contributed by atoms with Crippen molar-refractivity contribution in [1.29, 1.82) is 0 Å². The Balaban J connectivity index is 2.01. The van der Waals surface area contributed by atoms with Gasteiger partial charge in [0.05, 0.1) is 11.7 Å². The Hall–Kier alpha value is -2.29. The first-order chi connectivity index (χ1) is 10.7. The Labute approximate surface area is 131 Å². The molecule has 0 saturated carbocycles. The van der Waals surface area contributed by atoms with Crippen LogP contribution in [0.5, 0.6) is 5.75 Å². The van der Waals surface area contributed by atoms with Gasteiger partial charge >= 0.3 is 0 Å². The second-order valence-corrected chi connectivity index (χ2v) is 6.07. The normalized spacial score (nSPS) is 17.0. The van der Waals surface area contributed by atoms with Crippen LogP contribution in [-0.2, 0) is 4.79 Å². The number of para-hydroxylation sites is 2. The van der Waals surface area contributed by atoms with Crippen molar-refractivity contribution in [3.63, 3.8) is 0 Å². The van der Waals surface area contributed by atoms with Gasteiger partial charge in [0.1, 0.15) is 12.4 Å². The molecule has 0 aromatic heterocycles. The fourth-order valence-electron chi connectivity index (χ4n) is 2.87. The van der Waals surface area contributed by atoms with Crippen LogP contribution in [0.4, 0.5) is 5.69 Å². The zero-order valence-electron chi connectivity index (χ0n) is 13.0. The van der Waals surface area contributed by atoms with Crippen LogP contribution >= 0.6 is 0 Å². The fourth-order valence-corrected chi connectivity index (χ4v) is 2.87. The minimum Gasteiger partial charge on any atom is -0.489 e. The van der Waals surface area contributed by atoms with Crippen molar-refractivity contribution < 1.29 is 9.53 Å². The van der Waals surface area contributed by atoms with Crippen LogP contribution in [0.25, 0.3) is 0 Å². The zero-order valence-corrected chi connectivity index (χ0v) is 13.0. The monoisotopic (exact) mass is 295 g/mol. The number of benzene rings is 2. The maximum absolute atomic E-state index is 12.8. The van der Waals surface area contributed by atoms with Crippen molar-refractivity contribution in [3.05, 3.63) is 60.2 Å². The molecule has 0 N–H and O–H groups in total. The summed E-state index contributed by atoms with van der Waals surface area (Å²) in [5.74, 6) is 1.27. The highest BCUT2D eigenvalue weighted by atomic mass is 16.5. The Bertz CT molecular complexity index is 651. The molecule has 3 nitrogen and oxygen atoms in total. The van der Waals surface area contributed by atoms with Gasteiger partial charge in [-0.05, 0) is 23.6 Å². The molecular weight excluding hydrogens is 274 g/mol. The molecule has 1 atom stereocenters. The van der Waals surface area contributed by atoms with E-state index in [9.17, 15) is 4.79 Å². The summed E-state index contributed by atoms with van der Waals surface area (Å²) >= 11 is 0. The number of amides is 1. The Kier molecular flexibility index (Phi) is 4.14. The maximum atomic E-state index is 12.8. The fraction of sp³-hybridized carbons (Fsp3) is 0.316. The predicted octanol–water partition coefficient (Wildman–Crippen LogP) is 4.20. The van der Waals surface area contributed by atoms with E-state index < -0.39 is 0 Å². The van der Waals surface area contributed by atoms with E-state index in [0.717, 1.165) is 17.0 Å². The molecule has 2 aromatic carbocycles. The minimum absolute atomic E-state index is 0.0673. The molecule has 1 heterocycles. The molecular formula is C19H21NO2. The standard InChI is InChI=1S/C19H21NO2/c1-14(2)12-19(21)20-16-10-6-7-11-18(16)22-13-17(20)15-8-4-3-5-9-15/h3-11,14,17H,12-13H2,1-2H3/t17-/m0/s1. The van der Waals surface area contributed by atoms with Crippen LogP contribution in [0.15, 0.2) is 54.6 Å². The van der Waals surface area contributed by atoms with E-state index in [2.05, 4.69) is 26.0 Å². The summed E-state index contributed by atoms with van der Waals surface area (Å²) in [5.41, 5.74) is 1.97. The number of rotatable bonds is 3. The second-order valence-electron chi connectivity index (χ2n) is 6.07. The number of ether oxygens (including phenoxy) is 1. The second kappa shape index (κ2) is 6.22. The van der Waals surface area contributed by atoms with Gasteiger partial charge in [-0.2, -0.15) is 0 Å². The third kappa shape index (κ3) is 2.84. The van der Waals surface area contributed by atoms with Gasteiger partial charge in [-0.25, -0.2) is 0 Å². The van der Waals surface area contributed by atoms with E-state index in [-0.39, 0.29) is 11.9 Å². The average Bonchev–Trinajstić information content (AvgIpc) is 2.54. The van der Waals surface area contributed by atoms with Crippen molar-refractivity contribution in [2.45, 2.75) is 26.3 Å². The lowest BCUT2D eigenvalue weighted by Crippen LogP contribution is -2.41. The first-order valence-corrected chi connectivity index (χ1v) is 7.75. The van der Waals surface area contributed by atoms with Crippen molar-refractivity contribution >= 4 is 11.6 Å². The third-order valence-corrected chi connectivity index (χ3v) is 3.87. The number of carbonyl (C=O) groups excluding carboxylic acids is 1. The van der Waals surface area contributed by atoms with E-state index in [1.54, 1.807) is 0 Å². The van der Waals surface area contributed by atoms with Crippen molar-refractivity contribution in [2.75, 3.05) is 11.5 Å². The molecule has 3 heteroatoms. The summed E-state index contributed by atoms with van der Waals surface area (Å²) in [4.78, 5) is 14.7. The SMILES string of the molecule is CC(C)CC(=O)N1c2ccccc2OC[C@H]1c1ccccc1.